The minimum atomic E-state index is -2.39. The summed E-state index contributed by atoms with van der Waals surface area (Å²) in [6, 6.07) is 0. The standard InChI is InChI=1S/C6H10F2IN/c7-6(8)1-3-10(5-9)4-2-6/h1-5H2. The summed E-state index contributed by atoms with van der Waals surface area (Å²) in [6.07, 6.45) is 0.0754. The van der Waals surface area contributed by atoms with Gasteiger partial charge in [0.15, 0.2) is 0 Å². The van der Waals surface area contributed by atoms with Crippen molar-refractivity contribution in [2.24, 2.45) is 0 Å². The highest BCUT2D eigenvalue weighted by Gasteiger charge is 2.33. The Labute approximate surface area is 72.9 Å². The number of nitrogens with zero attached hydrogens (tertiary/aromatic N) is 1. The molecule has 0 atom stereocenters. The number of rotatable bonds is 1. The average Bonchev–Trinajstić information content (AvgIpc) is 1.88. The van der Waals surface area contributed by atoms with Crippen molar-refractivity contribution in [3.8, 4) is 0 Å². The SMILES string of the molecule is FC1(F)CCN(CI)CC1. The largest absolute Gasteiger partial charge is 0.294 e. The number of hydrogen-bond donors (Lipinski definition) is 0. The van der Waals surface area contributed by atoms with Crippen LogP contribution in [-0.4, -0.2) is 28.5 Å². The second-order valence-corrected chi connectivity index (χ2v) is 3.28. The fraction of sp³-hybridized carbons (Fsp3) is 1.00. The fourth-order valence-corrected chi connectivity index (χ4v) is 1.68. The van der Waals surface area contributed by atoms with Crippen LogP contribution in [0.25, 0.3) is 0 Å². The summed E-state index contributed by atoms with van der Waals surface area (Å²) >= 11 is 2.20. The molecule has 4 heteroatoms. The minimum absolute atomic E-state index is 0.0377. The highest BCUT2D eigenvalue weighted by molar-refractivity contribution is 14.1. The van der Waals surface area contributed by atoms with Gasteiger partial charge in [-0.15, -0.1) is 0 Å². The van der Waals surface area contributed by atoms with Gasteiger partial charge in [0.05, 0.1) is 4.55 Å². The summed E-state index contributed by atoms with van der Waals surface area (Å²) in [6.45, 7) is 1.10. The van der Waals surface area contributed by atoms with Crippen molar-refractivity contribution in [3.05, 3.63) is 0 Å². The number of halogens is 3. The van der Waals surface area contributed by atoms with E-state index in [4.69, 9.17) is 0 Å². The van der Waals surface area contributed by atoms with E-state index in [2.05, 4.69) is 22.6 Å². The van der Waals surface area contributed by atoms with Gasteiger partial charge in [-0.3, -0.25) is 4.90 Å². The molecule has 0 radical (unpaired) electrons. The summed E-state index contributed by atoms with van der Waals surface area (Å²) in [5.74, 6) is -2.39. The molecule has 1 fully saturated rings. The molecule has 0 aliphatic carbocycles. The molecule has 0 unspecified atom stereocenters. The van der Waals surface area contributed by atoms with Gasteiger partial charge in [-0.2, -0.15) is 0 Å². The van der Waals surface area contributed by atoms with Gasteiger partial charge in [0.1, 0.15) is 0 Å². The highest BCUT2D eigenvalue weighted by Crippen LogP contribution is 2.27. The topological polar surface area (TPSA) is 3.24 Å². The van der Waals surface area contributed by atoms with E-state index < -0.39 is 5.92 Å². The van der Waals surface area contributed by atoms with E-state index in [1.807, 2.05) is 4.90 Å². The quantitative estimate of drug-likeness (QED) is 0.397. The molecule has 1 nitrogen and oxygen atoms in total. The molecule has 1 heterocycles. The van der Waals surface area contributed by atoms with E-state index in [1.165, 1.54) is 0 Å². The Kier molecular flexibility index (Phi) is 2.85. The molecule has 0 amide bonds. The highest BCUT2D eigenvalue weighted by atomic mass is 127. The summed E-state index contributed by atoms with van der Waals surface area (Å²) in [7, 11) is 0. The molecule has 1 rings (SSSR count). The van der Waals surface area contributed by atoms with Crippen molar-refractivity contribution >= 4 is 22.6 Å². The Morgan fingerprint density at radius 2 is 1.80 bits per heavy atom. The molecule has 1 aliphatic heterocycles. The van der Waals surface area contributed by atoms with Gasteiger partial charge in [0.25, 0.3) is 5.92 Å². The van der Waals surface area contributed by atoms with Crippen LogP contribution in [0, 0.1) is 0 Å². The number of hydrogen-bond acceptors (Lipinski definition) is 1. The third kappa shape index (κ3) is 2.30. The predicted octanol–water partition coefficient (Wildman–Crippen LogP) is 2.11. The van der Waals surface area contributed by atoms with E-state index in [0.717, 1.165) is 4.55 Å². The van der Waals surface area contributed by atoms with E-state index in [0.29, 0.717) is 13.1 Å². The van der Waals surface area contributed by atoms with Crippen LogP contribution in [0.3, 0.4) is 0 Å². The van der Waals surface area contributed by atoms with Crippen LogP contribution in [-0.2, 0) is 0 Å². The molecule has 0 aromatic heterocycles. The molecule has 1 aliphatic rings. The molecule has 0 spiro atoms. The zero-order valence-corrected chi connectivity index (χ0v) is 7.77. The van der Waals surface area contributed by atoms with E-state index in [1.54, 1.807) is 0 Å². The van der Waals surface area contributed by atoms with Crippen LogP contribution < -0.4 is 0 Å². The zero-order chi connectivity index (χ0) is 7.61. The van der Waals surface area contributed by atoms with Crippen LogP contribution >= 0.6 is 22.6 Å². The second kappa shape index (κ2) is 3.30. The molecule has 1 saturated heterocycles. The van der Waals surface area contributed by atoms with E-state index >= 15 is 0 Å². The summed E-state index contributed by atoms with van der Waals surface area (Å²) in [4.78, 5) is 2.04. The molecule has 10 heavy (non-hydrogen) atoms. The number of likely N-dealkylation sites (tertiary alicyclic amines) is 1. The molecule has 0 aromatic carbocycles. The van der Waals surface area contributed by atoms with E-state index in [-0.39, 0.29) is 12.8 Å². The Morgan fingerprint density at radius 1 is 1.30 bits per heavy atom. The maximum atomic E-state index is 12.5. The zero-order valence-electron chi connectivity index (χ0n) is 5.62. The molecular weight excluding hydrogens is 251 g/mol. The lowest BCUT2D eigenvalue weighted by molar-refractivity contribution is -0.0510. The molecule has 0 saturated carbocycles. The first-order valence-electron chi connectivity index (χ1n) is 3.30. The van der Waals surface area contributed by atoms with Gasteiger partial charge < -0.3 is 0 Å². The van der Waals surface area contributed by atoms with Gasteiger partial charge in [-0.1, -0.05) is 22.6 Å². The van der Waals surface area contributed by atoms with Crippen molar-refractivity contribution in [1.82, 2.24) is 4.90 Å². The van der Waals surface area contributed by atoms with Crippen LogP contribution in [0.4, 0.5) is 8.78 Å². The van der Waals surface area contributed by atoms with Crippen LogP contribution in [0.5, 0.6) is 0 Å². The van der Waals surface area contributed by atoms with E-state index in [9.17, 15) is 8.78 Å². The molecule has 60 valence electrons. The average molecular weight is 261 g/mol. The maximum Gasteiger partial charge on any atom is 0.250 e. The van der Waals surface area contributed by atoms with Crippen molar-refractivity contribution in [2.45, 2.75) is 18.8 Å². The van der Waals surface area contributed by atoms with Gasteiger partial charge in [0.2, 0.25) is 0 Å². The second-order valence-electron chi connectivity index (χ2n) is 2.59. The molecule has 0 bridgehead atoms. The molecule has 0 N–H and O–H groups in total. The van der Waals surface area contributed by atoms with Gasteiger partial charge in [0, 0.05) is 25.9 Å². The van der Waals surface area contributed by atoms with Crippen molar-refractivity contribution in [1.29, 1.82) is 0 Å². The Balaban J connectivity index is 2.31. The normalized spacial score (nSPS) is 26.7. The maximum absolute atomic E-state index is 12.5. The summed E-state index contributed by atoms with van der Waals surface area (Å²) in [5, 5.41) is 0. The monoisotopic (exact) mass is 261 g/mol. The Hall–Kier alpha value is 0.550. The van der Waals surface area contributed by atoms with Gasteiger partial charge in [-0.05, 0) is 0 Å². The van der Waals surface area contributed by atoms with Gasteiger partial charge >= 0.3 is 0 Å². The molecule has 0 aromatic rings. The summed E-state index contributed by atoms with van der Waals surface area (Å²) in [5.41, 5.74) is 0. The minimum Gasteiger partial charge on any atom is -0.294 e. The van der Waals surface area contributed by atoms with Crippen molar-refractivity contribution in [2.75, 3.05) is 17.6 Å². The number of piperidine rings is 1. The first-order valence-corrected chi connectivity index (χ1v) is 4.83. The van der Waals surface area contributed by atoms with Crippen molar-refractivity contribution in [3.63, 3.8) is 0 Å². The Bertz CT molecular complexity index is 108. The lowest BCUT2D eigenvalue weighted by Gasteiger charge is -2.29. The smallest absolute Gasteiger partial charge is 0.250 e. The van der Waals surface area contributed by atoms with Crippen LogP contribution in [0.15, 0.2) is 0 Å². The fourth-order valence-electron chi connectivity index (χ4n) is 1.000. The summed E-state index contributed by atoms with van der Waals surface area (Å²) < 4.78 is 25.8. The third-order valence-electron chi connectivity index (χ3n) is 1.76. The molecular formula is C6H10F2IN. The van der Waals surface area contributed by atoms with Crippen LogP contribution in [0.1, 0.15) is 12.8 Å². The third-order valence-corrected chi connectivity index (χ3v) is 2.72. The Morgan fingerprint density at radius 3 is 2.20 bits per heavy atom. The van der Waals surface area contributed by atoms with Gasteiger partial charge in [-0.25, -0.2) is 8.78 Å². The first-order chi connectivity index (χ1) is 4.64. The predicted molar refractivity (Wildman–Crippen MR) is 44.6 cm³/mol. The lowest BCUT2D eigenvalue weighted by atomic mass is 10.1. The van der Waals surface area contributed by atoms with Crippen molar-refractivity contribution < 1.29 is 8.78 Å². The lowest BCUT2D eigenvalue weighted by Crippen LogP contribution is -2.38. The first kappa shape index (κ1) is 8.64. The number of alkyl halides is 3. The van der Waals surface area contributed by atoms with Crippen LogP contribution in [0.2, 0.25) is 0 Å².